The minimum Gasteiger partial charge on any atom is -0.353 e. The molecule has 0 radical (unpaired) electrons. The van der Waals surface area contributed by atoms with Crippen LogP contribution in [0.15, 0.2) is 24.3 Å². The van der Waals surface area contributed by atoms with Crippen molar-refractivity contribution < 1.29 is 14.0 Å². The Hall–Kier alpha value is -1.66. The van der Waals surface area contributed by atoms with Crippen LogP contribution < -0.4 is 16.4 Å². The molecule has 0 aliphatic heterocycles. The number of halogens is 2. The lowest BCUT2D eigenvalue weighted by molar-refractivity contribution is -0.125. The molecule has 1 aromatic carbocycles. The van der Waals surface area contributed by atoms with E-state index in [1.807, 2.05) is 0 Å². The number of carbonyl (C=O) groups is 2. The fourth-order valence-electron chi connectivity index (χ4n) is 1.35. The van der Waals surface area contributed by atoms with E-state index in [-0.39, 0.29) is 43.0 Å². The molecule has 0 aliphatic carbocycles. The van der Waals surface area contributed by atoms with E-state index in [2.05, 4.69) is 10.6 Å². The van der Waals surface area contributed by atoms with Crippen molar-refractivity contribution in [1.82, 2.24) is 10.6 Å². The highest BCUT2D eigenvalue weighted by atomic mass is 35.5. The van der Waals surface area contributed by atoms with Crippen LogP contribution in [-0.4, -0.2) is 31.4 Å². The van der Waals surface area contributed by atoms with Crippen LogP contribution in [0.2, 0.25) is 0 Å². The summed E-state index contributed by atoms with van der Waals surface area (Å²) in [6, 6.07) is 5.78. The fraction of sp³-hybridized carbons (Fsp3) is 0.333. The van der Waals surface area contributed by atoms with Crippen LogP contribution in [0.4, 0.5) is 4.39 Å². The minimum absolute atomic E-state index is 0. The first-order valence-corrected chi connectivity index (χ1v) is 5.59. The lowest BCUT2D eigenvalue weighted by Gasteiger charge is -2.06. The average Bonchev–Trinajstić information content (AvgIpc) is 2.34. The zero-order valence-corrected chi connectivity index (χ0v) is 11.1. The topological polar surface area (TPSA) is 84.2 Å². The number of hydrogen-bond donors (Lipinski definition) is 3. The normalized spacial score (nSPS) is 9.37. The molecule has 0 bridgehead atoms. The highest BCUT2D eigenvalue weighted by Gasteiger charge is 2.06. The van der Waals surface area contributed by atoms with Crippen molar-refractivity contribution in [1.29, 1.82) is 0 Å². The van der Waals surface area contributed by atoms with E-state index < -0.39 is 0 Å². The van der Waals surface area contributed by atoms with Gasteiger partial charge in [-0.1, -0.05) is 12.1 Å². The van der Waals surface area contributed by atoms with E-state index in [0.29, 0.717) is 18.7 Å². The molecule has 0 spiro atoms. The smallest absolute Gasteiger partial charge is 0.239 e. The van der Waals surface area contributed by atoms with Gasteiger partial charge in [0.05, 0.1) is 13.0 Å². The maximum Gasteiger partial charge on any atom is 0.239 e. The van der Waals surface area contributed by atoms with Crippen LogP contribution in [0.25, 0.3) is 0 Å². The zero-order valence-electron chi connectivity index (χ0n) is 10.3. The van der Waals surface area contributed by atoms with Crippen molar-refractivity contribution in [3.8, 4) is 0 Å². The number of benzene rings is 1. The third-order valence-corrected chi connectivity index (χ3v) is 2.17. The number of nitrogens with two attached hydrogens (primary N) is 1. The van der Waals surface area contributed by atoms with E-state index in [9.17, 15) is 14.0 Å². The molecule has 0 heterocycles. The van der Waals surface area contributed by atoms with Crippen LogP contribution in [0.3, 0.4) is 0 Å². The minimum atomic E-state index is -0.388. The second-order valence-corrected chi connectivity index (χ2v) is 3.72. The molecule has 0 unspecified atom stereocenters. The van der Waals surface area contributed by atoms with Crippen molar-refractivity contribution >= 4 is 24.2 Å². The standard InChI is InChI=1S/C12H16FN3O2.ClH/c13-10-3-1-2-9(6-10)7-11(17)16-8-12(18)15-5-4-14;/h1-3,6H,4-5,7-8,14H2,(H,15,18)(H,16,17);1H. The summed E-state index contributed by atoms with van der Waals surface area (Å²) in [4.78, 5) is 22.6. The van der Waals surface area contributed by atoms with Gasteiger partial charge in [-0.05, 0) is 17.7 Å². The number of hydrogen-bond acceptors (Lipinski definition) is 3. The maximum atomic E-state index is 12.9. The third-order valence-electron chi connectivity index (χ3n) is 2.17. The molecule has 0 fully saturated rings. The molecule has 0 aliphatic rings. The monoisotopic (exact) mass is 289 g/mol. The summed E-state index contributed by atoms with van der Waals surface area (Å²) < 4.78 is 12.9. The Morgan fingerprint density at radius 2 is 1.95 bits per heavy atom. The molecule has 19 heavy (non-hydrogen) atoms. The summed E-state index contributed by atoms with van der Waals surface area (Å²) in [7, 11) is 0. The van der Waals surface area contributed by atoms with E-state index in [4.69, 9.17) is 5.73 Å². The lowest BCUT2D eigenvalue weighted by atomic mass is 10.1. The van der Waals surface area contributed by atoms with Gasteiger partial charge in [-0.25, -0.2) is 4.39 Å². The molecule has 7 heteroatoms. The summed E-state index contributed by atoms with van der Waals surface area (Å²) in [5.74, 6) is -1.02. The largest absolute Gasteiger partial charge is 0.353 e. The second kappa shape index (κ2) is 9.29. The van der Waals surface area contributed by atoms with Crippen LogP contribution in [0.5, 0.6) is 0 Å². The van der Waals surface area contributed by atoms with Gasteiger partial charge in [-0.15, -0.1) is 12.4 Å². The number of carbonyl (C=O) groups excluding carboxylic acids is 2. The SMILES string of the molecule is Cl.NCCNC(=O)CNC(=O)Cc1cccc(F)c1. The van der Waals surface area contributed by atoms with Crippen LogP contribution in [0.1, 0.15) is 5.56 Å². The molecule has 2 amide bonds. The van der Waals surface area contributed by atoms with Gasteiger partial charge in [0.1, 0.15) is 5.82 Å². The molecule has 4 N–H and O–H groups in total. The van der Waals surface area contributed by atoms with Gasteiger partial charge < -0.3 is 16.4 Å². The average molecular weight is 290 g/mol. The second-order valence-electron chi connectivity index (χ2n) is 3.72. The first-order valence-electron chi connectivity index (χ1n) is 5.59. The van der Waals surface area contributed by atoms with E-state index in [0.717, 1.165) is 0 Å². The van der Waals surface area contributed by atoms with Crippen molar-refractivity contribution in [3.63, 3.8) is 0 Å². The summed E-state index contributed by atoms with van der Waals surface area (Å²) in [6.07, 6.45) is 0.0436. The molecule has 0 atom stereocenters. The molecule has 0 saturated heterocycles. The Morgan fingerprint density at radius 3 is 2.58 bits per heavy atom. The summed E-state index contributed by atoms with van der Waals surface area (Å²) in [5.41, 5.74) is 5.78. The van der Waals surface area contributed by atoms with Crippen molar-refractivity contribution in [2.75, 3.05) is 19.6 Å². The highest BCUT2D eigenvalue weighted by molar-refractivity contribution is 5.85. The number of rotatable bonds is 6. The van der Waals surface area contributed by atoms with Crippen LogP contribution >= 0.6 is 12.4 Å². The third kappa shape index (κ3) is 7.38. The first kappa shape index (κ1) is 17.3. The number of amides is 2. The summed E-state index contributed by atoms with van der Waals surface area (Å²) >= 11 is 0. The molecule has 0 aromatic heterocycles. The van der Waals surface area contributed by atoms with Gasteiger partial charge >= 0.3 is 0 Å². The molecule has 1 rings (SSSR count). The lowest BCUT2D eigenvalue weighted by Crippen LogP contribution is -2.39. The van der Waals surface area contributed by atoms with Crippen LogP contribution in [-0.2, 0) is 16.0 Å². The predicted octanol–water partition coefficient (Wildman–Crippen LogP) is -0.0189. The molecule has 0 saturated carbocycles. The first-order chi connectivity index (χ1) is 8.61. The molecular weight excluding hydrogens is 273 g/mol. The van der Waals surface area contributed by atoms with Crippen molar-refractivity contribution in [2.24, 2.45) is 5.73 Å². The molecule has 106 valence electrons. The van der Waals surface area contributed by atoms with Gasteiger partial charge in [0.25, 0.3) is 0 Å². The summed E-state index contributed by atoms with van der Waals surface area (Å²) in [5, 5.41) is 4.97. The van der Waals surface area contributed by atoms with Crippen LogP contribution in [0, 0.1) is 5.82 Å². The highest BCUT2D eigenvalue weighted by Crippen LogP contribution is 2.03. The van der Waals surface area contributed by atoms with E-state index in [1.165, 1.54) is 18.2 Å². The van der Waals surface area contributed by atoms with Crippen molar-refractivity contribution in [2.45, 2.75) is 6.42 Å². The van der Waals surface area contributed by atoms with E-state index in [1.54, 1.807) is 6.07 Å². The van der Waals surface area contributed by atoms with Gasteiger partial charge in [0, 0.05) is 13.1 Å². The molecule has 1 aromatic rings. The fourth-order valence-corrected chi connectivity index (χ4v) is 1.35. The van der Waals surface area contributed by atoms with E-state index >= 15 is 0 Å². The Morgan fingerprint density at radius 1 is 1.21 bits per heavy atom. The van der Waals surface area contributed by atoms with Gasteiger partial charge in [0.15, 0.2) is 0 Å². The van der Waals surface area contributed by atoms with Gasteiger partial charge in [0.2, 0.25) is 11.8 Å². The Labute approximate surface area is 117 Å². The van der Waals surface area contributed by atoms with Crippen molar-refractivity contribution in [3.05, 3.63) is 35.6 Å². The molecule has 5 nitrogen and oxygen atoms in total. The zero-order chi connectivity index (χ0) is 13.4. The maximum absolute atomic E-state index is 12.9. The van der Waals surface area contributed by atoms with Gasteiger partial charge in [-0.3, -0.25) is 9.59 Å². The Kier molecular flexibility index (Phi) is 8.48. The van der Waals surface area contributed by atoms with Gasteiger partial charge in [-0.2, -0.15) is 0 Å². The summed E-state index contributed by atoms with van der Waals surface area (Å²) in [6.45, 7) is 0.621. The Bertz CT molecular complexity index is 429. The quantitative estimate of drug-likeness (QED) is 0.688. The predicted molar refractivity (Wildman–Crippen MR) is 72.4 cm³/mol. The number of nitrogens with one attached hydrogen (secondary N) is 2. The molecular formula is C12H17ClFN3O2. The Balaban J connectivity index is 0.00000324.